The summed E-state index contributed by atoms with van der Waals surface area (Å²) in [5, 5.41) is 4.01. The van der Waals surface area contributed by atoms with Crippen molar-refractivity contribution < 1.29 is 18.7 Å². The van der Waals surface area contributed by atoms with Crippen LogP contribution in [0.4, 0.5) is 0 Å². The largest absolute Gasteiger partial charge is 0.497 e. The number of likely N-dealkylation sites (tertiary alicyclic amines) is 1. The molecule has 30 heavy (non-hydrogen) atoms. The lowest BCUT2D eigenvalue weighted by Crippen LogP contribution is -2.37. The fourth-order valence-electron chi connectivity index (χ4n) is 4.18. The summed E-state index contributed by atoms with van der Waals surface area (Å²) in [4.78, 5) is 15.5. The molecule has 1 saturated heterocycles. The first kappa shape index (κ1) is 20.4. The van der Waals surface area contributed by atoms with Gasteiger partial charge in [0.2, 0.25) is 0 Å². The number of nitrogens with one attached hydrogen (secondary N) is 1. The topological polar surface area (TPSA) is 63.9 Å². The number of hydrogen-bond acceptors (Lipinski definition) is 5. The third kappa shape index (κ3) is 4.20. The lowest BCUT2D eigenvalue weighted by Gasteiger charge is -2.28. The smallest absolute Gasteiger partial charge is 0.287 e. The Hall–Kier alpha value is -2.83. The molecule has 6 heteroatoms. The van der Waals surface area contributed by atoms with Crippen molar-refractivity contribution in [1.82, 2.24) is 10.2 Å². The predicted molar refractivity (Wildman–Crippen MR) is 116 cm³/mol. The van der Waals surface area contributed by atoms with E-state index in [2.05, 4.69) is 22.3 Å². The number of benzene rings is 2. The third-order valence-corrected chi connectivity index (χ3v) is 5.73. The highest BCUT2D eigenvalue weighted by Gasteiger charge is 2.26. The van der Waals surface area contributed by atoms with Crippen LogP contribution in [0.2, 0.25) is 0 Å². The minimum atomic E-state index is -0.212. The molecule has 0 saturated carbocycles. The van der Waals surface area contributed by atoms with Crippen molar-refractivity contribution >= 4 is 16.9 Å². The van der Waals surface area contributed by atoms with Crippen molar-refractivity contribution in [2.75, 3.05) is 33.9 Å². The maximum absolute atomic E-state index is 13.1. The minimum Gasteiger partial charge on any atom is -0.497 e. The van der Waals surface area contributed by atoms with E-state index in [0.717, 1.165) is 29.8 Å². The quantitative estimate of drug-likeness (QED) is 0.607. The van der Waals surface area contributed by atoms with Crippen LogP contribution in [0.15, 0.2) is 52.9 Å². The minimum absolute atomic E-state index is 0.109. The van der Waals surface area contributed by atoms with Crippen molar-refractivity contribution in [2.45, 2.75) is 25.5 Å². The number of methoxy groups -OCH3 is 2. The van der Waals surface area contributed by atoms with E-state index in [1.54, 1.807) is 14.2 Å². The van der Waals surface area contributed by atoms with Gasteiger partial charge in [0.25, 0.3) is 5.91 Å². The number of hydrogen-bond donors (Lipinski definition) is 1. The van der Waals surface area contributed by atoms with Crippen molar-refractivity contribution in [3.63, 3.8) is 0 Å². The number of para-hydroxylation sites is 1. The fraction of sp³-hybridized carbons (Fsp3) is 0.375. The Morgan fingerprint density at radius 2 is 1.83 bits per heavy atom. The molecule has 1 atom stereocenters. The molecule has 0 bridgehead atoms. The van der Waals surface area contributed by atoms with Crippen molar-refractivity contribution in [3.8, 4) is 5.75 Å². The average molecular weight is 408 g/mol. The summed E-state index contributed by atoms with van der Waals surface area (Å²) in [7, 11) is 3.29. The van der Waals surface area contributed by atoms with Gasteiger partial charge in [-0.2, -0.15) is 0 Å². The van der Waals surface area contributed by atoms with Gasteiger partial charge in [0, 0.05) is 24.6 Å². The Morgan fingerprint density at radius 1 is 1.10 bits per heavy atom. The van der Waals surface area contributed by atoms with Crippen molar-refractivity contribution in [3.05, 3.63) is 65.4 Å². The van der Waals surface area contributed by atoms with E-state index in [0.29, 0.717) is 24.5 Å². The van der Waals surface area contributed by atoms with Crippen LogP contribution in [0.1, 0.15) is 40.6 Å². The van der Waals surface area contributed by atoms with Crippen LogP contribution in [0.5, 0.6) is 5.75 Å². The van der Waals surface area contributed by atoms with Gasteiger partial charge < -0.3 is 19.2 Å². The Kier molecular flexibility index (Phi) is 6.35. The van der Waals surface area contributed by atoms with Gasteiger partial charge in [-0.05, 0) is 49.7 Å². The highest BCUT2D eigenvalue weighted by molar-refractivity contribution is 5.99. The Balaban J connectivity index is 1.55. The van der Waals surface area contributed by atoms with E-state index in [-0.39, 0.29) is 11.9 Å². The molecule has 0 radical (unpaired) electrons. The molecule has 1 unspecified atom stereocenters. The fourth-order valence-corrected chi connectivity index (χ4v) is 4.18. The molecule has 3 aromatic rings. The van der Waals surface area contributed by atoms with Crippen LogP contribution in [-0.2, 0) is 11.3 Å². The number of carbonyl (C=O) groups is 1. The predicted octanol–water partition coefficient (Wildman–Crippen LogP) is 4.15. The molecule has 1 N–H and O–H groups in total. The number of ether oxygens (including phenoxy) is 2. The second-order valence-electron chi connectivity index (χ2n) is 7.58. The van der Waals surface area contributed by atoms with Gasteiger partial charge in [-0.25, -0.2) is 0 Å². The van der Waals surface area contributed by atoms with Crippen LogP contribution in [0.3, 0.4) is 0 Å². The van der Waals surface area contributed by atoms with Crippen LogP contribution < -0.4 is 10.1 Å². The summed E-state index contributed by atoms with van der Waals surface area (Å²) < 4.78 is 16.5. The van der Waals surface area contributed by atoms with Gasteiger partial charge in [0.1, 0.15) is 11.3 Å². The molecule has 1 fully saturated rings. The molecule has 6 nitrogen and oxygen atoms in total. The van der Waals surface area contributed by atoms with Crippen LogP contribution >= 0.6 is 0 Å². The normalized spacial score (nSPS) is 15.4. The molecule has 2 heterocycles. The SMILES string of the molecule is COCc1c(C(=O)NCC(c2ccc(OC)cc2)N2CCCC2)oc2ccccc12. The molecule has 2 aromatic carbocycles. The van der Waals surface area contributed by atoms with E-state index in [9.17, 15) is 4.79 Å². The van der Waals surface area contributed by atoms with E-state index < -0.39 is 0 Å². The summed E-state index contributed by atoms with van der Waals surface area (Å²) in [6.07, 6.45) is 2.37. The summed E-state index contributed by atoms with van der Waals surface area (Å²) in [5.41, 5.74) is 2.65. The van der Waals surface area contributed by atoms with E-state index in [1.807, 2.05) is 36.4 Å². The Labute approximate surface area is 176 Å². The number of amides is 1. The van der Waals surface area contributed by atoms with Gasteiger partial charge >= 0.3 is 0 Å². The molecule has 1 aliphatic rings. The molecule has 1 aliphatic heterocycles. The first-order valence-electron chi connectivity index (χ1n) is 10.4. The highest BCUT2D eigenvalue weighted by Crippen LogP contribution is 2.28. The zero-order chi connectivity index (χ0) is 20.9. The van der Waals surface area contributed by atoms with Crippen molar-refractivity contribution in [1.29, 1.82) is 0 Å². The summed E-state index contributed by atoms with van der Waals surface area (Å²) in [5.74, 6) is 0.943. The lowest BCUT2D eigenvalue weighted by atomic mass is 10.0. The van der Waals surface area contributed by atoms with Crippen molar-refractivity contribution in [2.24, 2.45) is 0 Å². The third-order valence-electron chi connectivity index (χ3n) is 5.73. The second-order valence-corrected chi connectivity index (χ2v) is 7.58. The number of carbonyl (C=O) groups excluding carboxylic acids is 1. The van der Waals surface area contributed by atoms with Crippen LogP contribution in [0, 0.1) is 0 Å². The molecular formula is C24H28N2O4. The Morgan fingerprint density at radius 3 is 2.53 bits per heavy atom. The summed E-state index contributed by atoms with van der Waals surface area (Å²) >= 11 is 0. The Bertz CT molecular complexity index is 990. The molecule has 158 valence electrons. The zero-order valence-electron chi connectivity index (χ0n) is 17.5. The molecule has 1 aromatic heterocycles. The molecule has 0 spiro atoms. The number of rotatable bonds is 8. The number of nitrogens with zero attached hydrogens (tertiary/aromatic N) is 1. The van der Waals surface area contributed by atoms with E-state index >= 15 is 0 Å². The van der Waals surface area contributed by atoms with Crippen LogP contribution in [0.25, 0.3) is 11.0 Å². The van der Waals surface area contributed by atoms with Gasteiger partial charge in [0.15, 0.2) is 5.76 Å². The number of fused-ring (bicyclic) bond motifs is 1. The monoisotopic (exact) mass is 408 g/mol. The highest BCUT2D eigenvalue weighted by atomic mass is 16.5. The summed E-state index contributed by atoms with van der Waals surface area (Å²) in [6, 6.07) is 15.9. The lowest BCUT2D eigenvalue weighted by molar-refractivity contribution is 0.0905. The zero-order valence-corrected chi connectivity index (χ0v) is 17.5. The van der Waals surface area contributed by atoms with Gasteiger partial charge in [-0.3, -0.25) is 9.69 Å². The average Bonchev–Trinajstić information content (AvgIpc) is 3.43. The maximum Gasteiger partial charge on any atom is 0.287 e. The second kappa shape index (κ2) is 9.32. The molecule has 0 aliphatic carbocycles. The van der Waals surface area contributed by atoms with E-state index in [4.69, 9.17) is 13.9 Å². The van der Waals surface area contributed by atoms with E-state index in [1.165, 1.54) is 18.4 Å². The first-order valence-corrected chi connectivity index (χ1v) is 10.4. The standard InChI is InChI=1S/C24H28N2O4/c1-28-16-20-19-7-3-4-8-22(19)30-23(20)24(27)25-15-21(26-13-5-6-14-26)17-9-11-18(29-2)12-10-17/h3-4,7-12,21H,5-6,13-16H2,1-2H3,(H,25,27). The van der Waals surface area contributed by atoms with Crippen LogP contribution in [-0.4, -0.2) is 44.7 Å². The maximum atomic E-state index is 13.1. The molecule has 1 amide bonds. The summed E-state index contributed by atoms with van der Waals surface area (Å²) in [6.45, 7) is 2.90. The van der Waals surface area contributed by atoms with Gasteiger partial charge in [-0.1, -0.05) is 30.3 Å². The molecular weight excluding hydrogens is 380 g/mol. The van der Waals surface area contributed by atoms with Gasteiger partial charge in [-0.15, -0.1) is 0 Å². The molecule has 4 rings (SSSR count). The number of furan rings is 1. The van der Waals surface area contributed by atoms with Gasteiger partial charge in [0.05, 0.1) is 19.8 Å². The first-order chi connectivity index (χ1) is 14.7.